The Labute approximate surface area is 138 Å². The Balaban J connectivity index is 1.83. The largest absolute Gasteiger partial charge is 0.507 e. The molecule has 24 heavy (non-hydrogen) atoms. The van der Waals surface area contributed by atoms with Crippen molar-refractivity contribution in [3.63, 3.8) is 0 Å². The first-order valence-electron chi connectivity index (χ1n) is 8.17. The lowest BCUT2D eigenvalue weighted by molar-refractivity contribution is -0.137. The fourth-order valence-corrected chi connectivity index (χ4v) is 3.88. The molecule has 1 amide bonds. The van der Waals surface area contributed by atoms with Crippen LogP contribution in [-0.4, -0.2) is 53.5 Å². The summed E-state index contributed by atoms with van der Waals surface area (Å²) >= 11 is 0. The first kappa shape index (κ1) is 17.1. The fourth-order valence-electron chi connectivity index (χ4n) is 3.88. The maximum Gasteiger partial charge on any atom is 0.416 e. The van der Waals surface area contributed by atoms with E-state index < -0.39 is 17.5 Å². The lowest BCUT2D eigenvalue weighted by Crippen LogP contribution is -2.55. The van der Waals surface area contributed by atoms with Gasteiger partial charge in [-0.2, -0.15) is 13.2 Å². The summed E-state index contributed by atoms with van der Waals surface area (Å²) in [4.78, 5) is 16.8. The lowest BCUT2D eigenvalue weighted by atomic mass is 9.83. The van der Waals surface area contributed by atoms with E-state index in [2.05, 4.69) is 11.9 Å². The van der Waals surface area contributed by atoms with Crippen LogP contribution in [0.1, 0.15) is 35.2 Å². The van der Waals surface area contributed by atoms with E-state index in [0.29, 0.717) is 18.5 Å². The summed E-state index contributed by atoms with van der Waals surface area (Å²) in [6, 6.07) is 2.66. The van der Waals surface area contributed by atoms with Gasteiger partial charge in [-0.25, -0.2) is 0 Å². The minimum Gasteiger partial charge on any atom is -0.507 e. The van der Waals surface area contributed by atoms with Gasteiger partial charge < -0.3 is 14.9 Å². The third kappa shape index (κ3) is 3.22. The van der Waals surface area contributed by atoms with Crippen LogP contribution in [0.3, 0.4) is 0 Å². The minimum atomic E-state index is -4.54. The van der Waals surface area contributed by atoms with Crippen LogP contribution >= 0.6 is 0 Å². The van der Waals surface area contributed by atoms with E-state index >= 15 is 0 Å². The number of nitrogens with zero attached hydrogens (tertiary/aromatic N) is 2. The predicted octanol–water partition coefficient (Wildman–Crippen LogP) is 2.97. The second kappa shape index (κ2) is 6.27. The van der Waals surface area contributed by atoms with Crippen LogP contribution in [0, 0.1) is 5.92 Å². The molecule has 2 saturated heterocycles. The van der Waals surface area contributed by atoms with Crippen molar-refractivity contribution in [1.29, 1.82) is 0 Å². The third-order valence-corrected chi connectivity index (χ3v) is 5.09. The number of carbonyl (C=O) groups excluding carboxylic acids is 1. The molecule has 0 aromatic heterocycles. The molecule has 2 heterocycles. The first-order chi connectivity index (χ1) is 11.3. The molecule has 1 aromatic rings. The zero-order chi connectivity index (χ0) is 17.5. The van der Waals surface area contributed by atoms with Crippen molar-refractivity contribution in [3.05, 3.63) is 29.3 Å². The van der Waals surface area contributed by atoms with Gasteiger partial charge in [-0.3, -0.25) is 4.79 Å². The van der Waals surface area contributed by atoms with Gasteiger partial charge in [0.2, 0.25) is 0 Å². The van der Waals surface area contributed by atoms with Crippen LogP contribution in [0.5, 0.6) is 5.75 Å². The van der Waals surface area contributed by atoms with Crippen molar-refractivity contribution in [3.8, 4) is 5.75 Å². The van der Waals surface area contributed by atoms with Gasteiger partial charge in [0, 0.05) is 19.1 Å². The molecule has 0 saturated carbocycles. The number of fused-ring (bicyclic) bond motifs is 1. The summed E-state index contributed by atoms with van der Waals surface area (Å²) in [5.41, 5.74) is -1.00. The number of aromatic hydroxyl groups is 1. The quantitative estimate of drug-likeness (QED) is 0.853. The molecule has 0 radical (unpaired) electrons. The van der Waals surface area contributed by atoms with Gasteiger partial charge in [0.1, 0.15) is 5.75 Å². The van der Waals surface area contributed by atoms with E-state index in [9.17, 15) is 23.1 Å². The second-order valence-corrected chi connectivity index (χ2v) is 6.75. The summed E-state index contributed by atoms with van der Waals surface area (Å²) < 4.78 is 38.1. The number of phenols is 1. The van der Waals surface area contributed by atoms with Crippen molar-refractivity contribution in [1.82, 2.24) is 9.80 Å². The normalized spacial score (nSPS) is 25.4. The van der Waals surface area contributed by atoms with Crippen LogP contribution in [0.15, 0.2) is 18.2 Å². The van der Waals surface area contributed by atoms with Crippen molar-refractivity contribution in [2.45, 2.75) is 31.5 Å². The van der Waals surface area contributed by atoms with Gasteiger partial charge in [-0.1, -0.05) is 0 Å². The number of carbonyl (C=O) groups is 1. The Morgan fingerprint density at radius 1 is 1.25 bits per heavy atom. The molecule has 0 aliphatic carbocycles. The van der Waals surface area contributed by atoms with E-state index in [4.69, 9.17) is 0 Å². The van der Waals surface area contributed by atoms with E-state index in [1.165, 1.54) is 0 Å². The molecule has 0 unspecified atom stereocenters. The first-order valence-corrected chi connectivity index (χ1v) is 8.17. The highest BCUT2D eigenvalue weighted by atomic mass is 19.4. The van der Waals surface area contributed by atoms with E-state index in [0.717, 1.165) is 44.5 Å². The zero-order valence-electron chi connectivity index (χ0n) is 13.5. The molecule has 2 aliphatic rings. The molecule has 132 valence electrons. The molecule has 2 fully saturated rings. The molecule has 2 aliphatic heterocycles. The number of rotatable bonds is 1. The number of halogens is 3. The van der Waals surface area contributed by atoms with Crippen LogP contribution < -0.4 is 0 Å². The molecule has 0 bridgehead atoms. The standard InChI is InChI=1S/C17H21F3N2O2/c1-21-8-6-14-11(10-21)3-2-7-22(14)16(24)13-5-4-12(9-15(13)23)17(18,19)20/h4-5,9,11,14,23H,2-3,6-8,10H2,1H3/t11-,14+/m0/s1. The molecular weight excluding hydrogens is 321 g/mol. The number of hydrogen-bond donors (Lipinski definition) is 1. The molecule has 2 atom stereocenters. The summed E-state index contributed by atoms with van der Waals surface area (Å²) in [5.74, 6) is -0.594. The van der Waals surface area contributed by atoms with Crippen LogP contribution in [0.25, 0.3) is 0 Å². The monoisotopic (exact) mass is 342 g/mol. The van der Waals surface area contributed by atoms with Gasteiger partial charge in [-0.15, -0.1) is 0 Å². The molecule has 4 nitrogen and oxygen atoms in total. The van der Waals surface area contributed by atoms with Gasteiger partial charge in [-0.05, 0) is 57.0 Å². The number of piperidine rings is 2. The van der Waals surface area contributed by atoms with Crippen LogP contribution in [-0.2, 0) is 6.18 Å². The van der Waals surface area contributed by atoms with E-state index in [1.54, 1.807) is 4.90 Å². The van der Waals surface area contributed by atoms with Crippen molar-refractivity contribution < 1.29 is 23.1 Å². The summed E-state index contributed by atoms with van der Waals surface area (Å²) in [7, 11) is 2.05. The Morgan fingerprint density at radius 2 is 2.00 bits per heavy atom. The number of alkyl halides is 3. The second-order valence-electron chi connectivity index (χ2n) is 6.75. The fraction of sp³-hybridized carbons (Fsp3) is 0.588. The maximum atomic E-state index is 12.8. The summed E-state index contributed by atoms with van der Waals surface area (Å²) in [6.45, 7) is 2.40. The smallest absolute Gasteiger partial charge is 0.416 e. The summed E-state index contributed by atoms with van der Waals surface area (Å²) in [6.07, 6.45) is -1.75. The van der Waals surface area contributed by atoms with Crippen LogP contribution in [0.2, 0.25) is 0 Å². The van der Waals surface area contributed by atoms with Gasteiger partial charge in [0.15, 0.2) is 0 Å². The third-order valence-electron chi connectivity index (χ3n) is 5.09. The van der Waals surface area contributed by atoms with E-state index in [-0.39, 0.29) is 17.5 Å². The topological polar surface area (TPSA) is 43.8 Å². The average molecular weight is 342 g/mol. The number of hydrogen-bond acceptors (Lipinski definition) is 3. The molecular formula is C17H21F3N2O2. The highest BCUT2D eigenvalue weighted by molar-refractivity contribution is 5.97. The Kier molecular flexibility index (Phi) is 4.46. The predicted molar refractivity (Wildman–Crippen MR) is 82.8 cm³/mol. The average Bonchev–Trinajstić information content (AvgIpc) is 2.52. The summed E-state index contributed by atoms with van der Waals surface area (Å²) in [5, 5.41) is 9.94. The Bertz CT molecular complexity index is 633. The van der Waals surface area contributed by atoms with Crippen molar-refractivity contribution in [2.75, 3.05) is 26.7 Å². The van der Waals surface area contributed by atoms with Crippen molar-refractivity contribution in [2.24, 2.45) is 5.92 Å². The zero-order valence-corrected chi connectivity index (χ0v) is 13.5. The molecule has 7 heteroatoms. The van der Waals surface area contributed by atoms with Crippen molar-refractivity contribution >= 4 is 5.91 Å². The SMILES string of the molecule is CN1CC[C@@H]2[C@@H](CCCN2C(=O)c2ccc(C(F)(F)F)cc2O)C1. The number of likely N-dealkylation sites (tertiary alicyclic amines) is 2. The van der Waals surface area contributed by atoms with E-state index in [1.807, 2.05) is 0 Å². The molecule has 1 aromatic carbocycles. The molecule has 0 spiro atoms. The number of phenolic OH excluding ortho intramolecular Hbond substituents is 1. The van der Waals surface area contributed by atoms with Crippen LogP contribution in [0.4, 0.5) is 13.2 Å². The lowest BCUT2D eigenvalue weighted by Gasteiger charge is -2.46. The maximum absolute atomic E-state index is 12.8. The Morgan fingerprint density at radius 3 is 2.67 bits per heavy atom. The highest BCUT2D eigenvalue weighted by Gasteiger charge is 2.38. The molecule has 3 rings (SSSR count). The van der Waals surface area contributed by atoms with Gasteiger partial charge >= 0.3 is 6.18 Å². The number of benzene rings is 1. The number of amides is 1. The Hall–Kier alpha value is -1.76. The minimum absolute atomic E-state index is 0.0532. The van der Waals surface area contributed by atoms with Gasteiger partial charge in [0.25, 0.3) is 5.91 Å². The van der Waals surface area contributed by atoms with Gasteiger partial charge in [0.05, 0.1) is 11.1 Å². The highest BCUT2D eigenvalue weighted by Crippen LogP contribution is 2.35. The molecule has 1 N–H and O–H groups in total.